The van der Waals surface area contributed by atoms with E-state index in [1.807, 2.05) is 12.1 Å². The largest absolute Gasteiger partial charge is 0.309 e. The predicted molar refractivity (Wildman–Crippen MR) is 79.8 cm³/mol. The van der Waals surface area contributed by atoms with Gasteiger partial charge < -0.3 is 5.32 Å². The maximum atomic E-state index is 10.6. The topological polar surface area (TPSA) is 58.4 Å². The SMILES string of the molecule is CC(NCC(C)N(C)C1CC1)c1ccc([N+](=O)[O-])cc1. The summed E-state index contributed by atoms with van der Waals surface area (Å²) >= 11 is 0. The van der Waals surface area contributed by atoms with E-state index in [2.05, 4.69) is 31.1 Å². The lowest BCUT2D eigenvalue weighted by Crippen LogP contribution is -2.39. The van der Waals surface area contributed by atoms with Gasteiger partial charge in [0, 0.05) is 36.8 Å². The van der Waals surface area contributed by atoms with Crippen LogP contribution in [0.5, 0.6) is 0 Å². The third-order valence-corrected chi connectivity index (χ3v) is 4.14. The van der Waals surface area contributed by atoms with Gasteiger partial charge in [-0.1, -0.05) is 12.1 Å². The Bertz CT molecular complexity index is 457. The molecule has 1 N–H and O–H groups in total. The molecule has 5 nitrogen and oxygen atoms in total. The van der Waals surface area contributed by atoms with Crippen LogP contribution in [0.3, 0.4) is 0 Å². The zero-order valence-corrected chi connectivity index (χ0v) is 12.4. The molecule has 2 rings (SSSR count). The quantitative estimate of drug-likeness (QED) is 0.615. The third kappa shape index (κ3) is 3.77. The lowest BCUT2D eigenvalue weighted by Gasteiger charge is -2.26. The molecule has 1 aliphatic carbocycles. The first-order valence-electron chi connectivity index (χ1n) is 7.18. The van der Waals surface area contributed by atoms with Gasteiger partial charge in [-0.2, -0.15) is 0 Å². The number of hydrogen-bond donors (Lipinski definition) is 1. The lowest BCUT2D eigenvalue weighted by molar-refractivity contribution is -0.384. The van der Waals surface area contributed by atoms with Gasteiger partial charge in [-0.3, -0.25) is 15.0 Å². The smallest absolute Gasteiger partial charge is 0.269 e. The Morgan fingerprint density at radius 2 is 1.95 bits per heavy atom. The molecule has 1 aromatic rings. The van der Waals surface area contributed by atoms with Crippen molar-refractivity contribution in [3.63, 3.8) is 0 Å². The van der Waals surface area contributed by atoms with Crippen LogP contribution < -0.4 is 5.32 Å². The average Bonchev–Trinajstić information content (AvgIpc) is 3.28. The second kappa shape index (κ2) is 6.33. The zero-order chi connectivity index (χ0) is 14.7. The monoisotopic (exact) mass is 277 g/mol. The summed E-state index contributed by atoms with van der Waals surface area (Å²) in [6.07, 6.45) is 2.64. The Labute approximate surface area is 120 Å². The molecule has 5 heteroatoms. The number of rotatable bonds is 7. The van der Waals surface area contributed by atoms with Gasteiger partial charge in [0.2, 0.25) is 0 Å². The van der Waals surface area contributed by atoms with E-state index in [9.17, 15) is 10.1 Å². The first-order valence-corrected chi connectivity index (χ1v) is 7.18. The molecule has 0 radical (unpaired) electrons. The van der Waals surface area contributed by atoms with Crippen molar-refractivity contribution >= 4 is 5.69 Å². The number of non-ortho nitro benzene ring substituents is 1. The minimum atomic E-state index is -0.367. The molecule has 1 fully saturated rings. The van der Waals surface area contributed by atoms with Crippen LogP contribution >= 0.6 is 0 Å². The molecule has 1 aromatic carbocycles. The van der Waals surface area contributed by atoms with E-state index in [0.717, 1.165) is 18.2 Å². The summed E-state index contributed by atoms with van der Waals surface area (Å²) in [6.45, 7) is 5.24. The Morgan fingerprint density at radius 1 is 1.35 bits per heavy atom. The second-order valence-electron chi connectivity index (χ2n) is 5.72. The highest BCUT2D eigenvalue weighted by Crippen LogP contribution is 2.27. The number of hydrogen-bond acceptors (Lipinski definition) is 4. The molecular weight excluding hydrogens is 254 g/mol. The van der Waals surface area contributed by atoms with Crippen molar-refractivity contribution in [2.75, 3.05) is 13.6 Å². The summed E-state index contributed by atoms with van der Waals surface area (Å²) < 4.78 is 0. The van der Waals surface area contributed by atoms with Crippen LogP contribution in [0, 0.1) is 10.1 Å². The maximum Gasteiger partial charge on any atom is 0.269 e. The highest BCUT2D eigenvalue weighted by molar-refractivity contribution is 5.34. The molecule has 0 aliphatic heterocycles. The Kier molecular flexibility index (Phi) is 4.73. The van der Waals surface area contributed by atoms with Gasteiger partial charge in [0.05, 0.1) is 4.92 Å². The van der Waals surface area contributed by atoms with Crippen molar-refractivity contribution in [1.82, 2.24) is 10.2 Å². The zero-order valence-electron chi connectivity index (χ0n) is 12.4. The van der Waals surface area contributed by atoms with Crippen LogP contribution in [0.15, 0.2) is 24.3 Å². The molecule has 2 atom stereocenters. The predicted octanol–water partition coefficient (Wildman–Crippen LogP) is 2.73. The van der Waals surface area contributed by atoms with Gasteiger partial charge in [0.1, 0.15) is 0 Å². The first kappa shape index (κ1) is 14.9. The molecule has 1 saturated carbocycles. The summed E-state index contributed by atoms with van der Waals surface area (Å²) in [5.41, 5.74) is 1.22. The van der Waals surface area contributed by atoms with Crippen LogP contribution in [-0.2, 0) is 0 Å². The van der Waals surface area contributed by atoms with Crippen molar-refractivity contribution < 1.29 is 4.92 Å². The van der Waals surface area contributed by atoms with Crippen molar-refractivity contribution in [3.8, 4) is 0 Å². The van der Waals surface area contributed by atoms with Gasteiger partial charge in [0.25, 0.3) is 5.69 Å². The minimum absolute atomic E-state index is 0.141. The first-order chi connectivity index (χ1) is 9.49. The van der Waals surface area contributed by atoms with E-state index >= 15 is 0 Å². The van der Waals surface area contributed by atoms with Crippen LogP contribution in [0.25, 0.3) is 0 Å². The van der Waals surface area contributed by atoms with Crippen LogP contribution in [0.4, 0.5) is 5.69 Å². The number of likely N-dealkylation sites (N-methyl/N-ethyl adjacent to an activating group) is 1. The highest BCUT2D eigenvalue weighted by Gasteiger charge is 2.29. The fourth-order valence-corrected chi connectivity index (χ4v) is 2.34. The second-order valence-corrected chi connectivity index (χ2v) is 5.72. The van der Waals surface area contributed by atoms with Gasteiger partial charge in [0.15, 0.2) is 0 Å². The molecule has 0 spiro atoms. The Hall–Kier alpha value is -1.46. The fraction of sp³-hybridized carbons (Fsp3) is 0.600. The summed E-state index contributed by atoms with van der Waals surface area (Å²) in [5.74, 6) is 0. The molecular formula is C15H23N3O2. The number of nitrogens with zero attached hydrogens (tertiary/aromatic N) is 2. The van der Waals surface area contributed by atoms with E-state index < -0.39 is 0 Å². The summed E-state index contributed by atoms with van der Waals surface area (Å²) in [5, 5.41) is 14.1. The molecule has 2 unspecified atom stereocenters. The van der Waals surface area contributed by atoms with Crippen molar-refractivity contribution in [2.45, 2.75) is 44.8 Å². The molecule has 1 aliphatic rings. The Morgan fingerprint density at radius 3 is 2.45 bits per heavy atom. The maximum absolute atomic E-state index is 10.6. The van der Waals surface area contributed by atoms with Crippen LogP contribution in [-0.4, -0.2) is 35.5 Å². The van der Waals surface area contributed by atoms with Gasteiger partial charge in [-0.25, -0.2) is 0 Å². The molecule has 0 aromatic heterocycles. The Balaban J connectivity index is 1.84. The molecule has 0 heterocycles. The van der Waals surface area contributed by atoms with E-state index in [1.54, 1.807) is 12.1 Å². The lowest BCUT2D eigenvalue weighted by atomic mass is 10.1. The highest BCUT2D eigenvalue weighted by atomic mass is 16.6. The summed E-state index contributed by atoms with van der Waals surface area (Å²) in [4.78, 5) is 12.7. The standard InChI is InChI=1S/C15H23N3O2/c1-11(17(3)14-8-9-14)10-16-12(2)13-4-6-15(7-5-13)18(19)20/h4-7,11-12,14,16H,8-10H2,1-3H3. The van der Waals surface area contributed by atoms with Crippen molar-refractivity contribution in [2.24, 2.45) is 0 Å². The summed E-state index contributed by atoms with van der Waals surface area (Å²) in [6, 6.07) is 8.24. The molecule has 0 amide bonds. The van der Waals surface area contributed by atoms with Gasteiger partial charge in [-0.15, -0.1) is 0 Å². The van der Waals surface area contributed by atoms with Crippen LogP contribution in [0.1, 0.15) is 38.3 Å². The van der Waals surface area contributed by atoms with Gasteiger partial charge in [-0.05, 0) is 39.3 Å². The molecule has 20 heavy (non-hydrogen) atoms. The number of benzene rings is 1. The number of nitro groups is 1. The summed E-state index contributed by atoms with van der Waals surface area (Å²) in [7, 11) is 2.18. The van der Waals surface area contributed by atoms with E-state index in [-0.39, 0.29) is 16.7 Å². The van der Waals surface area contributed by atoms with E-state index in [0.29, 0.717) is 6.04 Å². The third-order valence-electron chi connectivity index (χ3n) is 4.14. The van der Waals surface area contributed by atoms with Crippen LogP contribution in [0.2, 0.25) is 0 Å². The van der Waals surface area contributed by atoms with Crippen molar-refractivity contribution in [1.29, 1.82) is 0 Å². The number of nitrogens with one attached hydrogen (secondary N) is 1. The van der Waals surface area contributed by atoms with Gasteiger partial charge >= 0.3 is 0 Å². The molecule has 0 bridgehead atoms. The van der Waals surface area contributed by atoms with E-state index in [4.69, 9.17) is 0 Å². The molecule has 0 saturated heterocycles. The minimum Gasteiger partial charge on any atom is -0.309 e. The normalized spacial score (nSPS) is 18.0. The average molecular weight is 277 g/mol. The number of nitro benzene ring substituents is 1. The molecule has 110 valence electrons. The van der Waals surface area contributed by atoms with Crippen molar-refractivity contribution in [3.05, 3.63) is 39.9 Å². The van der Waals surface area contributed by atoms with E-state index in [1.165, 1.54) is 12.8 Å². The fourth-order valence-electron chi connectivity index (χ4n) is 2.34.